The van der Waals surface area contributed by atoms with Gasteiger partial charge in [0.2, 0.25) is 11.3 Å². The largest absolute Gasteiger partial charge is 0.477 e. The monoisotopic (exact) mass is 460 g/mol. The summed E-state index contributed by atoms with van der Waals surface area (Å²) in [6, 6.07) is 13.4. The number of rotatable bonds is 5. The number of benzene rings is 2. The number of aromatic carboxylic acids is 1. The molecule has 0 aliphatic heterocycles. The number of hydrogen-bond donors (Lipinski definition) is 1. The molecule has 0 radical (unpaired) electrons. The number of carboxylic acids is 1. The van der Waals surface area contributed by atoms with Gasteiger partial charge in [-0.15, -0.1) is 0 Å². The molecule has 152 valence electrons. The van der Waals surface area contributed by atoms with E-state index in [9.17, 15) is 14.7 Å². The quantitative estimate of drug-likeness (QED) is 0.398. The normalized spacial score (nSPS) is 11.0. The maximum Gasteiger partial charge on any atom is 0.341 e. The summed E-state index contributed by atoms with van der Waals surface area (Å²) >= 11 is 13.5. The number of aromatic nitrogens is 2. The van der Waals surface area contributed by atoms with Crippen LogP contribution >= 0.6 is 34.5 Å². The third-order valence-electron chi connectivity index (χ3n) is 4.46. The Morgan fingerprint density at radius 1 is 1.17 bits per heavy atom. The van der Waals surface area contributed by atoms with Crippen molar-refractivity contribution in [3.63, 3.8) is 0 Å². The molecule has 0 saturated carbocycles. The van der Waals surface area contributed by atoms with E-state index in [0.29, 0.717) is 22.3 Å². The third kappa shape index (κ3) is 3.67. The molecule has 6 nitrogen and oxygen atoms in total. The van der Waals surface area contributed by atoms with Gasteiger partial charge in [-0.25, -0.2) is 9.78 Å². The van der Waals surface area contributed by atoms with E-state index in [0.717, 1.165) is 10.2 Å². The van der Waals surface area contributed by atoms with Crippen molar-refractivity contribution < 1.29 is 14.6 Å². The Kier molecular flexibility index (Phi) is 5.51. The molecule has 4 aromatic rings. The zero-order chi connectivity index (χ0) is 21.4. The molecule has 0 aliphatic carbocycles. The Hall–Kier alpha value is -2.87. The first kappa shape index (κ1) is 20.4. The van der Waals surface area contributed by atoms with E-state index < -0.39 is 11.4 Å². The molecule has 2 aromatic carbocycles. The lowest BCUT2D eigenvalue weighted by Crippen LogP contribution is -2.21. The van der Waals surface area contributed by atoms with Crippen molar-refractivity contribution in [2.45, 2.75) is 13.5 Å². The number of halogens is 2. The predicted octanol–water partition coefficient (Wildman–Crippen LogP) is 5.94. The topological polar surface area (TPSA) is 81.4 Å². The van der Waals surface area contributed by atoms with Crippen molar-refractivity contribution >= 4 is 50.7 Å². The molecule has 4 rings (SSSR count). The predicted molar refractivity (Wildman–Crippen MR) is 118 cm³/mol. The van der Waals surface area contributed by atoms with E-state index in [-0.39, 0.29) is 22.2 Å². The summed E-state index contributed by atoms with van der Waals surface area (Å²) in [7, 11) is 0. The summed E-state index contributed by atoms with van der Waals surface area (Å²) in [4.78, 5) is 29.0. The number of ether oxygens (including phenoxy) is 1. The molecule has 0 amide bonds. The molecule has 0 aliphatic rings. The minimum Gasteiger partial charge on any atom is -0.477 e. The summed E-state index contributed by atoms with van der Waals surface area (Å²) in [6.07, 6.45) is 0. The van der Waals surface area contributed by atoms with Crippen LogP contribution in [0.3, 0.4) is 0 Å². The van der Waals surface area contributed by atoms with Crippen LogP contribution in [0.4, 0.5) is 0 Å². The molecular weight excluding hydrogens is 447 g/mol. The second kappa shape index (κ2) is 8.10. The minimum absolute atomic E-state index is 0.187. The van der Waals surface area contributed by atoms with Gasteiger partial charge in [0.1, 0.15) is 5.56 Å². The first-order valence-corrected chi connectivity index (χ1v) is 10.5. The van der Waals surface area contributed by atoms with Gasteiger partial charge in [0.25, 0.3) is 5.19 Å². The SMILES string of the molecule is CCn1c(Oc2nc3ccccc3s2)cc(=O)c(C(=O)O)c1-c1ccc(Cl)c(Cl)c1. The van der Waals surface area contributed by atoms with Crippen LogP contribution in [0.15, 0.2) is 53.3 Å². The van der Waals surface area contributed by atoms with E-state index >= 15 is 0 Å². The van der Waals surface area contributed by atoms with E-state index in [4.69, 9.17) is 27.9 Å². The molecule has 9 heteroatoms. The van der Waals surface area contributed by atoms with Gasteiger partial charge >= 0.3 is 5.97 Å². The number of hydrogen-bond acceptors (Lipinski definition) is 5. The third-order valence-corrected chi connectivity index (χ3v) is 6.12. The average molecular weight is 461 g/mol. The highest BCUT2D eigenvalue weighted by molar-refractivity contribution is 7.20. The Bertz CT molecular complexity index is 1310. The van der Waals surface area contributed by atoms with Gasteiger partial charge in [0, 0.05) is 18.2 Å². The number of carboxylic acid groups (broad SMARTS) is 1. The first-order chi connectivity index (χ1) is 14.4. The van der Waals surface area contributed by atoms with Gasteiger partial charge in [-0.2, -0.15) is 0 Å². The lowest BCUT2D eigenvalue weighted by Gasteiger charge is -2.19. The summed E-state index contributed by atoms with van der Waals surface area (Å²) in [6.45, 7) is 2.17. The van der Waals surface area contributed by atoms with Crippen LogP contribution in [0.25, 0.3) is 21.5 Å². The Labute approximate surface area is 184 Å². The van der Waals surface area contributed by atoms with E-state index in [1.807, 2.05) is 31.2 Å². The standard InChI is InChI=1S/C21H14Cl2N2O4S/c1-2-25-17(29-21-24-14-5-3-4-6-16(14)30-21)10-15(26)18(20(27)28)19(25)11-7-8-12(22)13(23)9-11/h3-10H,2H2,1H3,(H,27,28). The van der Waals surface area contributed by atoms with Crippen molar-refractivity contribution in [2.75, 3.05) is 0 Å². The van der Waals surface area contributed by atoms with Gasteiger partial charge in [-0.1, -0.05) is 52.7 Å². The second-order valence-corrected chi connectivity index (χ2v) is 8.11. The zero-order valence-corrected chi connectivity index (χ0v) is 17.9. The highest BCUT2D eigenvalue weighted by atomic mass is 35.5. The lowest BCUT2D eigenvalue weighted by atomic mass is 10.0. The van der Waals surface area contributed by atoms with Gasteiger partial charge in [0.15, 0.2) is 0 Å². The fourth-order valence-corrected chi connectivity index (χ4v) is 4.28. The van der Waals surface area contributed by atoms with Crippen LogP contribution < -0.4 is 10.2 Å². The molecule has 0 unspecified atom stereocenters. The minimum atomic E-state index is -1.34. The number of nitrogens with zero attached hydrogens (tertiary/aromatic N) is 2. The van der Waals surface area contributed by atoms with Crippen molar-refractivity contribution in [3.05, 3.63) is 74.4 Å². The molecule has 1 N–H and O–H groups in total. The smallest absolute Gasteiger partial charge is 0.341 e. The Morgan fingerprint density at radius 3 is 2.60 bits per heavy atom. The van der Waals surface area contributed by atoms with E-state index in [2.05, 4.69) is 4.98 Å². The van der Waals surface area contributed by atoms with Crippen LogP contribution in [0.2, 0.25) is 10.0 Å². The highest BCUT2D eigenvalue weighted by Gasteiger charge is 2.23. The molecule has 0 spiro atoms. The number of para-hydroxylation sites is 1. The summed E-state index contributed by atoms with van der Waals surface area (Å²) in [5.74, 6) is -1.15. The number of thiazole rings is 1. The fraction of sp³-hybridized carbons (Fsp3) is 0.0952. The molecular formula is C21H14Cl2N2O4S. The molecule has 0 saturated heterocycles. The molecule has 0 bridgehead atoms. The fourth-order valence-electron chi connectivity index (χ4n) is 3.16. The van der Waals surface area contributed by atoms with Crippen molar-refractivity contribution in [3.8, 4) is 22.3 Å². The van der Waals surface area contributed by atoms with Crippen molar-refractivity contribution in [1.29, 1.82) is 0 Å². The van der Waals surface area contributed by atoms with Gasteiger partial charge in [-0.3, -0.25) is 4.79 Å². The first-order valence-electron chi connectivity index (χ1n) is 8.89. The van der Waals surface area contributed by atoms with E-state index in [1.54, 1.807) is 16.7 Å². The lowest BCUT2D eigenvalue weighted by molar-refractivity contribution is 0.0695. The molecule has 2 heterocycles. The molecule has 30 heavy (non-hydrogen) atoms. The zero-order valence-electron chi connectivity index (χ0n) is 15.6. The van der Waals surface area contributed by atoms with Gasteiger partial charge < -0.3 is 14.4 Å². The molecule has 0 fully saturated rings. The summed E-state index contributed by atoms with van der Waals surface area (Å²) in [5, 5.41) is 10.6. The second-order valence-electron chi connectivity index (χ2n) is 6.30. The Balaban J connectivity index is 1.93. The highest BCUT2D eigenvalue weighted by Crippen LogP contribution is 2.35. The van der Waals surface area contributed by atoms with Crippen LogP contribution in [0, 0.1) is 0 Å². The number of pyridine rings is 1. The van der Waals surface area contributed by atoms with Crippen LogP contribution in [0.1, 0.15) is 17.3 Å². The molecule has 2 aromatic heterocycles. The number of fused-ring (bicyclic) bond motifs is 1. The number of carbonyl (C=O) groups is 1. The van der Waals surface area contributed by atoms with Crippen LogP contribution in [-0.4, -0.2) is 20.6 Å². The maximum absolute atomic E-state index is 12.7. The van der Waals surface area contributed by atoms with Crippen LogP contribution in [0.5, 0.6) is 11.1 Å². The van der Waals surface area contributed by atoms with Crippen molar-refractivity contribution in [2.24, 2.45) is 0 Å². The molecule has 0 atom stereocenters. The maximum atomic E-state index is 12.7. The summed E-state index contributed by atoms with van der Waals surface area (Å²) < 4.78 is 8.48. The van der Waals surface area contributed by atoms with E-state index in [1.165, 1.54) is 23.5 Å². The van der Waals surface area contributed by atoms with Gasteiger partial charge in [0.05, 0.1) is 26.0 Å². The van der Waals surface area contributed by atoms with Crippen molar-refractivity contribution in [1.82, 2.24) is 9.55 Å². The van der Waals surface area contributed by atoms with Crippen LogP contribution in [-0.2, 0) is 6.54 Å². The summed E-state index contributed by atoms with van der Waals surface area (Å²) in [5.41, 5.74) is 0.355. The Morgan fingerprint density at radius 2 is 1.93 bits per heavy atom. The van der Waals surface area contributed by atoms with Gasteiger partial charge in [-0.05, 0) is 31.2 Å². The average Bonchev–Trinajstić information content (AvgIpc) is 3.11.